The van der Waals surface area contributed by atoms with Crippen LogP contribution in [0.5, 0.6) is 11.5 Å². The summed E-state index contributed by atoms with van der Waals surface area (Å²) in [5.41, 5.74) is 1.15. The molecule has 0 aliphatic rings. The molecule has 0 saturated carbocycles. The van der Waals surface area contributed by atoms with Crippen molar-refractivity contribution in [2.24, 2.45) is 0 Å². The maximum absolute atomic E-state index is 13.5. The summed E-state index contributed by atoms with van der Waals surface area (Å²) < 4.78 is 38.6. The van der Waals surface area contributed by atoms with E-state index in [0.717, 1.165) is 15.6 Å². The van der Waals surface area contributed by atoms with E-state index < -0.39 is 22.5 Å². The maximum atomic E-state index is 13.5. The number of hydrogen-bond acceptors (Lipinski definition) is 5. The molecule has 7 nitrogen and oxygen atoms in total. The van der Waals surface area contributed by atoms with Gasteiger partial charge in [-0.2, -0.15) is 0 Å². The Bertz CT molecular complexity index is 1210. The number of benzene rings is 3. The lowest BCUT2D eigenvalue weighted by Crippen LogP contribution is -2.41. The van der Waals surface area contributed by atoms with E-state index in [0.29, 0.717) is 17.4 Å². The number of sulfonamides is 1. The number of ether oxygens (including phenoxy) is 2. The first kappa shape index (κ1) is 25.4. The number of halogens is 1. The summed E-state index contributed by atoms with van der Waals surface area (Å²) in [4.78, 5) is 13.0. The molecule has 0 spiro atoms. The van der Waals surface area contributed by atoms with Crippen LogP contribution in [0, 0.1) is 0 Å². The van der Waals surface area contributed by atoms with Gasteiger partial charge in [0.05, 0.1) is 30.3 Å². The number of nitrogens with one attached hydrogen (secondary N) is 1. The molecule has 0 fully saturated rings. The Hall–Kier alpha value is -3.23. The van der Waals surface area contributed by atoms with Gasteiger partial charge in [0.25, 0.3) is 10.0 Å². The molecule has 0 aliphatic heterocycles. The van der Waals surface area contributed by atoms with E-state index >= 15 is 0 Å². The summed E-state index contributed by atoms with van der Waals surface area (Å²) >= 11 is 6.11. The molecule has 0 heterocycles. The lowest BCUT2D eigenvalue weighted by molar-refractivity contribution is -0.120. The monoisotopic (exact) mass is 502 g/mol. The molecule has 0 bridgehead atoms. The number of amides is 1. The molecule has 1 atom stereocenters. The second kappa shape index (κ2) is 11.3. The summed E-state index contributed by atoms with van der Waals surface area (Å²) in [5.74, 6) is 0.802. The molecule has 0 aromatic heterocycles. The Kier molecular flexibility index (Phi) is 8.41. The van der Waals surface area contributed by atoms with E-state index in [4.69, 9.17) is 21.1 Å². The van der Waals surface area contributed by atoms with Gasteiger partial charge >= 0.3 is 0 Å². The van der Waals surface area contributed by atoms with Crippen LogP contribution in [-0.2, 0) is 14.8 Å². The highest BCUT2D eigenvalue weighted by atomic mass is 35.5. The van der Waals surface area contributed by atoms with Crippen molar-refractivity contribution in [3.63, 3.8) is 0 Å². The average Bonchev–Trinajstić information content (AvgIpc) is 2.83. The van der Waals surface area contributed by atoms with Gasteiger partial charge in [-0.05, 0) is 74.0 Å². The number of carbonyl (C=O) groups excluding carboxylic acids is 1. The Morgan fingerprint density at radius 1 is 1.03 bits per heavy atom. The Morgan fingerprint density at radius 3 is 2.26 bits per heavy atom. The second-order valence-electron chi connectivity index (χ2n) is 7.46. The zero-order valence-electron chi connectivity index (χ0n) is 19.2. The van der Waals surface area contributed by atoms with Crippen LogP contribution in [0.3, 0.4) is 0 Å². The molecule has 0 unspecified atom stereocenters. The molecule has 3 rings (SSSR count). The van der Waals surface area contributed by atoms with Crippen molar-refractivity contribution < 1.29 is 22.7 Å². The zero-order chi connectivity index (χ0) is 24.7. The van der Waals surface area contributed by atoms with Crippen LogP contribution >= 0.6 is 11.6 Å². The van der Waals surface area contributed by atoms with Crippen molar-refractivity contribution in [2.75, 3.05) is 24.6 Å². The summed E-state index contributed by atoms with van der Waals surface area (Å²) in [5, 5.41) is 3.22. The summed E-state index contributed by atoms with van der Waals surface area (Å²) in [6.45, 7) is 3.88. The smallest absolute Gasteiger partial charge is 0.264 e. The van der Waals surface area contributed by atoms with Gasteiger partial charge in [0.15, 0.2) is 0 Å². The third-order valence-corrected chi connectivity index (χ3v) is 7.12. The van der Waals surface area contributed by atoms with Crippen LogP contribution in [0.25, 0.3) is 0 Å². The van der Waals surface area contributed by atoms with Crippen LogP contribution in [0.15, 0.2) is 77.7 Å². The molecule has 0 radical (unpaired) electrons. The quantitative estimate of drug-likeness (QED) is 0.429. The van der Waals surface area contributed by atoms with Crippen LogP contribution in [0.2, 0.25) is 5.02 Å². The number of rotatable bonds is 10. The van der Waals surface area contributed by atoms with E-state index in [1.807, 2.05) is 38.1 Å². The van der Waals surface area contributed by atoms with Crippen LogP contribution < -0.4 is 19.1 Å². The lowest BCUT2D eigenvalue weighted by Gasteiger charge is -2.25. The Labute approximate surface area is 205 Å². The number of anilines is 1. The molecule has 34 heavy (non-hydrogen) atoms. The van der Waals surface area contributed by atoms with Gasteiger partial charge in [-0.25, -0.2) is 8.42 Å². The van der Waals surface area contributed by atoms with E-state index in [2.05, 4.69) is 5.32 Å². The molecule has 0 aliphatic carbocycles. The first-order valence-corrected chi connectivity index (χ1v) is 12.5. The van der Waals surface area contributed by atoms with E-state index in [1.165, 1.54) is 25.3 Å². The molecule has 180 valence electrons. The topological polar surface area (TPSA) is 84.9 Å². The van der Waals surface area contributed by atoms with Crippen LogP contribution in [0.1, 0.15) is 25.5 Å². The third kappa shape index (κ3) is 6.21. The Balaban J connectivity index is 1.84. The Morgan fingerprint density at radius 2 is 1.68 bits per heavy atom. The largest absolute Gasteiger partial charge is 0.497 e. The summed E-state index contributed by atoms with van der Waals surface area (Å²) in [7, 11) is -2.56. The first-order valence-electron chi connectivity index (χ1n) is 10.7. The highest BCUT2D eigenvalue weighted by molar-refractivity contribution is 7.92. The number of carbonyl (C=O) groups is 1. The zero-order valence-corrected chi connectivity index (χ0v) is 20.8. The molecular formula is C25H27ClN2O5S. The predicted molar refractivity (Wildman–Crippen MR) is 133 cm³/mol. The number of hydrogen-bond donors (Lipinski definition) is 1. The number of nitrogens with zero attached hydrogens (tertiary/aromatic N) is 1. The minimum atomic E-state index is -4.06. The van der Waals surface area contributed by atoms with E-state index in [1.54, 1.807) is 30.3 Å². The van der Waals surface area contributed by atoms with Gasteiger partial charge in [-0.15, -0.1) is 0 Å². The fourth-order valence-corrected chi connectivity index (χ4v) is 4.94. The molecule has 3 aromatic carbocycles. The molecule has 1 N–H and O–H groups in total. The standard InChI is InChI=1S/C25H27ClN2O5S/c1-4-33-23-10-8-19(9-11-23)18(2)27-25(29)17-28(21-7-5-6-20(26)16-21)34(30,31)24-14-12-22(32-3)13-15-24/h5-16,18H,4,17H2,1-3H3,(H,27,29)/t18-/m1/s1. The van der Waals surface area contributed by atoms with Gasteiger partial charge in [0.2, 0.25) is 5.91 Å². The lowest BCUT2D eigenvalue weighted by atomic mass is 10.1. The van der Waals surface area contributed by atoms with Crippen LogP contribution in [-0.4, -0.2) is 34.6 Å². The fourth-order valence-electron chi connectivity index (χ4n) is 3.34. The van der Waals surface area contributed by atoms with Crippen LogP contribution in [0.4, 0.5) is 5.69 Å². The minimum Gasteiger partial charge on any atom is -0.497 e. The molecular weight excluding hydrogens is 476 g/mol. The molecule has 0 saturated heterocycles. The van der Waals surface area contributed by atoms with Crippen molar-refractivity contribution in [1.29, 1.82) is 0 Å². The highest BCUT2D eigenvalue weighted by Gasteiger charge is 2.28. The van der Waals surface area contributed by atoms with E-state index in [-0.39, 0.29) is 16.6 Å². The maximum Gasteiger partial charge on any atom is 0.264 e. The van der Waals surface area contributed by atoms with Crippen molar-refractivity contribution in [3.8, 4) is 11.5 Å². The normalized spacial score (nSPS) is 12.0. The van der Waals surface area contributed by atoms with Crippen molar-refractivity contribution >= 4 is 33.2 Å². The van der Waals surface area contributed by atoms with Crippen molar-refractivity contribution in [3.05, 3.63) is 83.4 Å². The fraction of sp³-hybridized carbons (Fsp3) is 0.240. The predicted octanol–water partition coefficient (Wildman–Crippen LogP) is 4.82. The van der Waals surface area contributed by atoms with E-state index in [9.17, 15) is 13.2 Å². The average molecular weight is 503 g/mol. The molecule has 3 aromatic rings. The van der Waals surface area contributed by atoms with Crippen molar-refractivity contribution in [2.45, 2.75) is 24.8 Å². The molecule has 1 amide bonds. The first-order chi connectivity index (χ1) is 16.2. The van der Waals surface area contributed by atoms with Gasteiger partial charge in [-0.1, -0.05) is 29.8 Å². The third-order valence-electron chi connectivity index (χ3n) is 5.10. The van der Waals surface area contributed by atoms with Gasteiger partial charge in [0.1, 0.15) is 18.0 Å². The van der Waals surface area contributed by atoms with Gasteiger partial charge in [0, 0.05) is 5.02 Å². The SMILES string of the molecule is CCOc1ccc([C@@H](C)NC(=O)CN(c2cccc(Cl)c2)S(=O)(=O)c2ccc(OC)cc2)cc1. The van der Waals surface area contributed by atoms with Gasteiger partial charge < -0.3 is 14.8 Å². The second-order valence-corrected chi connectivity index (χ2v) is 9.76. The highest BCUT2D eigenvalue weighted by Crippen LogP contribution is 2.27. The summed E-state index contributed by atoms with van der Waals surface area (Å²) in [6.07, 6.45) is 0. The van der Waals surface area contributed by atoms with Gasteiger partial charge in [-0.3, -0.25) is 9.10 Å². The van der Waals surface area contributed by atoms with Crippen molar-refractivity contribution in [1.82, 2.24) is 5.32 Å². The molecule has 9 heteroatoms. The minimum absolute atomic E-state index is 0.0284. The number of methoxy groups -OCH3 is 1. The summed E-state index contributed by atoms with van der Waals surface area (Å²) in [6, 6.07) is 19.4.